The maximum atomic E-state index is 13.1. The van der Waals surface area contributed by atoms with Crippen LogP contribution in [0.1, 0.15) is 45.7 Å². The van der Waals surface area contributed by atoms with Gasteiger partial charge in [-0.15, -0.1) is 0 Å². The van der Waals surface area contributed by atoms with E-state index in [4.69, 9.17) is 4.42 Å². The monoisotopic (exact) mass is 440 g/mol. The van der Waals surface area contributed by atoms with E-state index in [1.165, 1.54) is 0 Å². The molecule has 0 unspecified atom stereocenters. The highest BCUT2D eigenvalue weighted by Gasteiger charge is 2.26. The Morgan fingerprint density at radius 2 is 1.68 bits per heavy atom. The van der Waals surface area contributed by atoms with Crippen molar-refractivity contribution in [3.63, 3.8) is 0 Å². The fourth-order valence-electron chi connectivity index (χ4n) is 3.91. The first-order chi connectivity index (χ1) is 14.8. The standard InChI is InChI=1S/C23H24N2O5S/c1-31(28,29)15-18-16-9-4-6-12-20(16)30-21(18)22(26)24-19-11-5-3-10-17(19)23(27)25-13-7-2-8-14-25/h3-6,9-12H,2,7-8,13-15H2,1H3,(H,24,26). The summed E-state index contributed by atoms with van der Waals surface area (Å²) in [6.07, 6.45) is 4.16. The van der Waals surface area contributed by atoms with Crippen molar-refractivity contribution in [2.24, 2.45) is 0 Å². The van der Waals surface area contributed by atoms with Crippen molar-refractivity contribution in [2.45, 2.75) is 25.0 Å². The first-order valence-corrected chi connectivity index (χ1v) is 12.3. The van der Waals surface area contributed by atoms with Gasteiger partial charge >= 0.3 is 0 Å². The molecule has 0 bridgehead atoms. The average molecular weight is 441 g/mol. The number of carbonyl (C=O) groups is 2. The highest BCUT2D eigenvalue weighted by atomic mass is 32.2. The molecule has 7 nitrogen and oxygen atoms in total. The van der Waals surface area contributed by atoms with Gasteiger partial charge in [0.15, 0.2) is 15.6 Å². The highest BCUT2D eigenvalue weighted by molar-refractivity contribution is 7.89. The summed E-state index contributed by atoms with van der Waals surface area (Å²) in [5, 5.41) is 3.34. The minimum Gasteiger partial charge on any atom is -0.451 e. The van der Waals surface area contributed by atoms with E-state index in [0.717, 1.165) is 25.5 Å². The van der Waals surface area contributed by atoms with Crippen LogP contribution >= 0.6 is 0 Å². The normalized spacial score (nSPS) is 14.5. The van der Waals surface area contributed by atoms with Crippen LogP contribution in [0.3, 0.4) is 0 Å². The number of piperidine rings is 1. The zero-order chi connectivity index (χ0) is 22.0. The molecule has 1 N–H and O–H groups in total. The third kappa shape index (κ3) is 4.64. The number of amides is 2. The lowest BCUT2D eigenvalue weighted by Crippen LogP contribution is -2.36. The zero-order valence-corrected chi connectivity index (χ0v) is 18.1. The molecule has 2 amide bonds. The molecule has 2 heterocycles. The lowest BCUT2D eigenvalue weighted by Gasteiger charge is -2.27. The average Bonchev–Trinajstić information content (AvgIpc) is 3.11. The number of benzene rings is 2. The molecule has 1 aliphatic heterocycles. The summed E-state index contributed by atoms with van der Waals surface area (Å²) in [6.45, 7) is 1.40. The van der Waals surface area contributed by atoms with Crippen molar-refractivity contribution in [3.05, 3.63) is 65.4 Å². The van der Waals surface area contributed by atoms with Gasteiger partial charge in [0, 0.05) is 30.3 Å². The van der Waals surface area contributed by atoms with Crippen molar-refractivity contribution in [1.82, 2.24) is 4.90 Å². The van der Waals surface area contributed by atoms with Crippen LogP contribution in [0, 0.1) is 0 Å². The second kappa shape index (κ2) is 8.55. The van der Waals surface area contributed by atoms with Crippen LogP contribution in [0.15, 0.2) is 52.9 Å². The number of para-hydroxylation sites is 2. The van der Waals surface area contributed by atoms with Gasteiger partial charge in [0.2, 0.25) is 0 Å². The number of anilines is 1. The molecule has 1 saturated heterocycles. The van der Waals surface area contributed by atoms with Crippen molar-refractivity contribution in [3.8, 4) is 0 Å². The van der Waals surface area contributed by atoms with Crippen LogP contribution in [0.2, 0.25) is 0 Å². The smallest absolute Gasteiger partial charge is 0.291 e. The topological polar surface area (TPSA) is 96.7 Å². The largest absolute Gasteiger partial charge is 0.451 e. The van der Waals surface area contributed by atoms with Crippen LogP contribution in [0.5, 0.6) is 0 Å². The van der Waals surface area contributed by atoms with E-state index in [9.17, 15) is 18.0 Å². The van der Waals surface area contributed by atoms with Gasteiger partial charge in [0.25, 0.3) is 11.8 Å². The van der Waals surface area contributed by atoms with E-state index in [1.807, 2.05) is 0 Å². The molecule has 4 rings (SSSR count). The molecule has 0 aliphatic carbocycles. The molecule has 31 heavy (non-hydrogen) atoms. The SMILES string of the molecule is CS(=O)(=O)Cc1c(C(=O)Nc2ccccc2C(=O)N2CCCCC2)oc2ccccc12. The van der Waals surface area contributed by atoms with Crippen LogP contribution in [0.25, 0.3) is 11.0 Å². The second-order valence-electron chi connectivity index (χ2n) is 7.83. The van der Waals surface area contributed by atoms with Gasteiger partial charge < -0.3 is 14.6 Å². The predicted octanol–water partition coefficient (Wildman–Crippen LogP) is 3.86. The Balaban J connectivity index is 1.67. The molecule has 0 spiro atoms. The zero-order valence-electron chi connectivity index (χ0n) is 17.3. The molecule has 2 aromatic carbocycles. The summed E-state index contributed by atoms with van der Waals surface area (Å²) in [5.74, 6) is -1.10. The summed E-state index contributed by atoms with van der Waals surface area (Å²) in [5.41, 5.74) is 1.52. The second-order valence-corrected chi connectivity index (χ2v) is 9.97. The van der Waals surface area contributed by atoms with E-state index in [0.29, 0.717) is 40.9 Å². The summed E-state index contributed by atoms with van der Waals surface area (Å²) < 4.78 is 29.7. The number of carbonyl (C=O) groups excluding carboxylic acids is 2. The molecule has 1 aliphatic rings. The first kappa shape index (κ1) is 21.1. The lowest BCUT2D eigenvalue weighted by atomic mass is 10.1. The summed E-state index contributed by atoms with van der Waals surface area (Å²) in [4.78, 5) is 27.9. The van der Waals surface area contributed by atoms with Gasteiger partial charge in [-0.3, -0.25) is 9.59 Å². The molecule has 1 aromatic heterocycles. The molecule has 3 aromatic rings. The Morgan fingerprint density at radius 1 is 1.00 bits per heavy atom. The van der Waals surface area contributed by atoms with Gasteiger partial charge in [-0.2, -0.15) is 0 Å². The number of nitrogens with zero attached hydrogens (tertiary/aromatic N) is 1. The van der Waals surface area contributed by atoms with Crippen molar-refractivity contribution < 1.29 is 22.4 Å². The summed E-state index contributed by atoms with van der Waals surface area (Å²) in [7, 11) is -3.40. The minimum absolute atomic E-state index is 0.0631. The van der Waals surface area contributed by atoms with Gasteiger partial charge in [0.05, 0.1) is 17.0 Å². The molecule has 0 radical (unpaired) electrons. The van der Waals surface area contributed by atoms with E-state index in [-0.39, 0.29) is 17.4 Å². The third-order valence-electron chi connectivity index (χ3n) is 5.36. The third-order valence-corrected chi connectivity index (χ3v) is 6.17. The van der Waals surface area contributed by atoms with Crippen LogP contribution < -0.4 is 5.32 Å². The Bertz CT molecular complexity index is 1240. The number of rotatable bonds is 5. The Morgan fingerprint density at radius 3 is 2.42 bits per heavy atom. The van der Waals surface area contributed by atoms with Crippen LogP contribution in [-0.2, 0) is 15.6 Å². The Labute approximate surface area is 181 Å². The number of fused-ring (bicyclic) bond motifs is 1. The van der Waals surface area contributed by atoms with Crippen molar-refractivity contribution >= 4 is 38.3 Å². The summed E-state index contributed by atoms with van der Waals surface area (Å²) in [6, 6.07) is 13.8. The van der Waals surface area contributed by atoms with Gasteiger partial charge in [-0.1, -0.05) is 30.3 Å². The van der Waals surface area contributed by atoms with Crippen LogP contribution in [0.4, 0.5) is 5.69 Å². The number of sulfone groups is 1. The quantitative estimate of drug-likeness (QED) is 0.650. The molecule has 0 atom stereocenters. The minimum atomic E-state index is -3.40. The molecule has 0 saturated carbocycles. The van der Waals surface area contributed by atoms with Crippen molar-refractivity contribution in [1.29, 1.82) is 0 Å². The van der Waals surface area contributed by atoms with E-state index in [1.54, 1.807) is 53.4 Å². The fraction of sp³-hybridized carbons (Fsp3) is 0.304. The maximum absolute atomic E-state index is 13.1. The molecule has 162 valence electrons. The molecular formula is C23H24N2O5S. The fourth-order valence-corrected chi connectivity index (χ4v) is 4.72. The van der Waals surface area contributed by atoms with Gasteiger partial charge in [-0.05, 0) is 37.5 Å². The number of nitrogens with one attached hydrogen (secondary N) is 1. The number of hydrogen-bond donors (Lipinski definition) is 1. The van der Waals surface area contributed by atoms with Crippen LogP contribution in [-0.4, -0.2) is 44.5 Å². The highest BCUT2D eigenvalue weighted by Crippen LogP contribution is 2.29. The number of furan rings is 1. The maximum Gasteiger partial charge on any atom is 0.291 e. The molecule has 1 fully saturated rings. The van der Waals surface area contributed by atoms with Gasteiger partial charge in [-0.25, -0.2) is 8.42 Å². The summed E-state index contributed by atoms with van der Waals surface area (Å²) >= 11 is 0. The van der Waals surface area contributed by atoms with Crippen molar-refractivity contribution in [2.75, 3.05) is 24.7 Å². The van der Waals surface area contributed by atoms with Gasteiger partial charge in [0.1, 0.15) is 5.58 Å². The Kier molecular flexibility index (Phi) is 5.82. The first-order valence-electron chi connectivity index (χ1n) is 10.2. The number of likely N-dealkylation sites (tertiary alicyclic amines) is 1. The van der Waals surface area contributed by atoms with E-state index >= 15 is 0 Å². The molecule has 8 heteroatoms. The predicted molar refractivity (Wildman–Crippen MR) is 119 cm³/mol. The Hall–Kier alpha value is -3.13. The number of hydrogen-bond acceptors (Lipinski definition) is 5. The molecular weight excluding hydrogens is 416 g/mol. The van der Waals surface area contributed by atoms with E-state index in [2.05, 4.69) is 5.32 Å². The lowest BCUT2D eigenvalue weighted by molar-refractivity contribution is 0.0725. The van der Waals surface area contributed by atoms with E-state index < -0.39 is 15.7 Å².